The lowest BCUT2D eigenvalue weighted by atomic mass is 10.3. The van der Waals surface area contributed by atoms with E-state index in [1.54, 1.807) is 6.07 Å². The van der Waals surface area contributed by atoms with Gasteiger partial charge in [-0.05, 0) is 34.8 Å². The summed E-state index contributed by atoms with van der Waals surface area (Å²) in [6, 6.07) is 1.72. The Morgan fingerprint density at radius 3 is 2.93 bits per heavy atom. The molecule has 1 fully saturated rings. The third-order valence-electron chi connectivity index (χ3n) is 2.05. The highest BCUT2D eigenvalue weighted by atomic mass is 79.9. The number of aromatic nitrogens is 1. The van der Waals surface area contributed by atoms with E-state index in [0.717, 1.165) is 12.8 Å². The maximum atomic E-state index is 11.4. The van der Waals surface area contributed by atoms with Crippen molar-refractivity contribution in [1.29, 1.82) is 0 Å². The van der Waals surface area contributed by atoms with Crippen molar-refractivity contribution in [2.75, 3.05) is 11.1 Å². The van der Waals surface area contributed by atoms with E-state index in [-0.39, 0.29) is 11.8 Å². The molecule has 0 spiro atoms. The third kappa shape index (κ3) is 2.04. The maximum absolute atomic E-state index is 11.4. The van der Waals surface area contributed by atoms with Gasteiger partial charge in [0.25, 0.3) is 0 Å². The van der Waals surface area contributed by atoms with E-state index in [0.29, 0.717) is 16.0 Å². The number of nitrogens with two attached hydrogens (primary N) is 1. The molecule has 0 unspecified atom stereocenters. The van der Waals surface area contributed by atoms with E-state index in [4.69, 9.17) is 5.73 Å². The second-order valence-corrected chi connectivity index (χ2v) is 4.22. The van der Waals surface area contributed by atoms with Crippen molar-refractivity contribution in [2.45, 2.75) is 12.8 Å². The number of carbonyl (C=O) groups is 1. The van der Waals surface area contributed by atoms with Gasteiger partial charge in [-0.3, -0.25) is 4.79 Å². The molecule has 2 rings (SSSR count). The monoisotopic (exact) mass is 255 g/mol. The van der Waals surface area contributed by atoms with Gasteiger partial charge in [0.2, 0.25) is 5.91 Å². The summed E-state index contributed by atoms with van der Waals surface area (Å²) in [4.78, 5) is 15.4. The van der Waals surface area contributed by atoms with Gasteiger partial charge in [0, 0.05) is 5.92 Å². The molecule has 0 saturated heterocycles. The first-order valence-corrected chi connectivity index (χ1v) is 5.18. The fourth-order valence-corrected chi connectivity index (χ4v) is 1.57. The van der Waals surface area contributed by atoms with E-state index >= 15 is 0 Å². The van der Waals surface area contributed by atoms with E-state index in [1.165, 1.54) is 6.20 Å². The zero-order valence-electron chi connectivity index (χ0n) is 7.46. The average molecular weight is 256 g/mol. The van der Waals surface area contributed by atoms with Crippen molar-refractivity contribution in [3.05, 3.63) is 16.7 Å². The van der Waals surface area contributed by atoms with Gasteiger partial charge < -0.3 is 11.1 Å². The lowest BCUT2D eigenvalue weighted by Gasteiger charge is -2.05. The Morgan fingerprint density at radius 2 is 2.36 bits per heavy atom. The van der Waals surface area contributed by atoms with Crippen LogP contribution in [0.3, 0.4) is 0 Å². The number of nitrogen functional groups attached to an aromatic ring is 1. The summed E-state index contributed by atoms with van der Waals surface area (Å²) in [5, 5.41) is 2.75. The van der Waals surface area contributed by atoms with Crippen LogP contribution in [0.1, 0.15) is 12.8 Å². The average Bonchev–Trinajstić information content (AvgIpc) is 2.92. The Morgan fingerprint density at radius 1 is 1.64 bits per heavy atom. The van der Waals surface area contributed by atoms with Crippen LogP contribution in [0.5, 0.6) is 0 Å². The molecular formula is C9H10BrN3O. The summed E-state index contributed by atoms with van der Waals surface area (Å²) < 4.78 is 0.714. The zero-order chi connectivity index (χ0) is 10.1. The van der Waals surface area contributed by atoms with Gasteiger partial charge in [-0.15, -0.1) is 0 Å². The number of nitrogens with zero attached hydrogens (tertiary/aromatic N) is 1. The summed E-state index contributed by atoms with van der Waals surface area (Å²) in [7, 11) is 0. The molecular weight excluding hydrogens is 246 g/mol. The molecule has 3 N–H and O–H groups in total. The highest BCUT2D eigenvalue weighted by molar-refractivity contribution is 9.10. The summed E-state index contributed by atoms with van der Waals surface area (Å²) in [6.07, 6.45) is 3.49. The predicted molar refractivity (Wildman–Crippen MR) is 57.7 cm³/mol. The molecule has 1 heterocycles. The lowest BCUT2D eigenvalue weighted by Crippen LogP contribution is -2.14. The number of rotatable bonds is 2. The molecule has 0 bridgehead atoms. The Bertz CT molecular complexity index is 376. The van der Waals surface area contributed by atoms with Crippen molar-refractivity contribution < 1.29 is 4.79 Å². The molecule has 0 aliphatic heterocycles. The second-order valence-electron chi connectivity index (χ2n) is 3.36. The van der Waals surface area contributed by atoms with Crippen LogP contribution in [0.15, 0.2) is 16.7 Å². The molecule has 4 nitrogen and oxygen atoms in total. The van der Waals surface area contributed by atoms with Crippen molar-refractivity contribution in [2.24, 2.45) is 5.92 Å². The van der Waals surface area contributed by atoms with Crippen molar-refractivity contribution in [3.63, 3.8) is 0 Å². The summed E-state index contributed by atoms with van der Waals surface area (Å²) in [5.41, 5.74) is 6.10. The third-order valence-corrected chi connectivity index (χ3v) is 2.66. The minimum Gasteiger partial charge on any atom is -0.397 e. The van der Waals surface area contributed by atoms with Crippen molar-refractivity contribution in [3.8, 4) is 0 Å². The molecule has 1 aromatic heterocycles. The maximum Gasteiger partial charge on any atom is 0.228 e. The Labute approximate surface area is 90.0 Å². The highest BCUT2D eigenvalue weighted by Gasteiger charge is 2.30. The Balaban J connectivity index is 2.11. The predicted octanol–water partition coefficient (Wildman–Crippen LogP) is 1.77. The van der Waals surface area contributed by atoms with Gasteiger partial charge in [0.15, 0.2) is 0 Å². The van der Waals surface area contributed by atoms with Crippen LogP contribution in [0.25, 0.3) is 0 Å². The van der Waals surface area contributed by atoms with Crippen molar-refractivity contribution in [1.82, 2.24) is 4.98 Å². The first-order valence-electron chi connectivity index (χ1n) is 4.38. The smallest absolute Gasteiger partial charge is 0.228 e. The van der Waals surface area contributed by atoms with E-state index < -0.39 is 0 Å². The number of anilines is 2. The first kappa shape index (κ1) is 9.45. The lowest BCUT2D eigenvalue weighted by molar-refractivity contribution is -0.117. The van der Waals surface area contributed by atoms with Gasteiger partial charge in [-0.1, -0.05) is 0 Å². The van der Waals surface area contributed by atoms with Gasteiger partial charge >= 0.3 is 0 Å². The largest absolute Gasteiger partial charge is 0.397 e. The normalized spacial score (nSPS) is 15.2. The van der Waals surface area contributed by atoms with Crippen LogP contribution in [0.2, 0.25) is 0 Å². The molecule has 1 aromatic rings. The number of amides is 1. The Hall–Kier alpha value is -1.10. The topological polar surface area (TPSA) is 68.0 Å². The number of halogens is 1. The zero-order valence-corrected chi connectivity index (χ0v) is 9.04. The van der Waals surface area contributed by atoms with Crippen LogP contribution in [0, 0.1) is 5.92 Å². The van der Waals surface area contributed by atoms with E-state index in [1.807, 2.05) is 0 Å². The number of hydrogen-bond donors (Lipinski definition) is 2. The molecule has 1 aliphatic carbocycles. The molecule has 0 aromatic carbocycles. The minimum atomic E-state index is 0.0444. The van der Waals surface area contributed by atoms with Crippen molar-refractivity contribution >= 4 is 33.3 Å². The van der Waals surface area contributed by atoms with E-state index in [2.05, 4.69) is 26.2 Å². The molecule has 1 amide bonds. The van der Waals surface area contributed by atoms with Gasteiger partial charge in [-0.25, -0.2) is 4.98 Å². The van der Waals surface area contributed by atoms with E-state index in [9.17, 15) is 4.79 Å². The quantitative estimate of drug-likeness (QED) is 0.847. The van der Waals surface area contributed by atoms with Crippen LogP contribution < -0.4 is 11.1 Å². The molecule has 0 radical (unpaired) electrons. The molecule has 1 saturated carbocycles. The standard InChI is InChI=1S/C9H10BrN3O/c10-7-3-6(11)4-12-8(7)13-9(14)5-1-2-5/h3-5H,1-2,11H2,(H,12,13,14). The fraction of sp³-hybridized carbons (Fsp3) is 0.333. The van der Waals surface area contributed by atoms with Crippen LogP contribution in [0.4, 0.5) is 11.5 Å². The molecule has 1 aliphatic rings. The van der Waals surface area contributed by atoms with Crippen LogP contribution in [-0.4, -0.2) is 10.9 Å². The SMILES string of the molecule is Nc1cnc(NC(=O)C2CC2)c(Br)c1. The summed E-state index contributed by atoms with van der Waals surface area (Å²) in [6.45, 7) is 0. The number of hydrogen-bond acceptors (Lipinski definition) is 3. The van der Waals surface area contributed by atoms with Gasteiger partial charge in [0.1, 0.15) is 5.82 Å². The van der Waals surface area contributed by atoms with Crippen LogP contribution >= 0.6 is 15.9 Å². The number of pyridine rings is 1. The fourth-order valence-electron chi connectivity index (χ4n) is 1.11. The minimum absolute atomic E-state index is 0.0444. The van der Waals surface area contributed by atoms with Gasteiger partial charge in [0.05, 0.1) is 16.4 Å². The summed E-state index contributed by atoms with van der Waals surface area (Å²) in [5.74, 6) is 0.764. The van der Waals surface area contributed by atoms with Gasteiger partial charge in [-0.2, -0.15) is 0 Å². The molecule has 5 heteroatoms. The highest BCUT2D eigenvalue weighted by Crippen LogP contribution is 2.31. The molecule has 0 atom stereocenters. The number of nitrogens with one attached hydrogen (secondary N) is 1. The number of carbonyl (C=O) groups excluding carboxylic acids is 1. The first-order chi connectivity index (χ1) is 6.66. The second kappa shape index (κ2) is 3.57. The Kier molecular flexibility index (Phi) is 2.41. The summed E-state index contributed by atoms with van der Waals surface area (Å²) >= 11 is 3.29. The van der Waals surface area contributed by atoms with Crippen LogP contribution in [-0.2, 0) is 4.79 Å². The molecule has 74 valence electrons. The molecule has 14 heavy (non-hydrogen) atoms.